The maximum atomic E-state index is 12.0. The molecule has 0 unspecified atom stereocenters. The molecule has 0 atom stereocenters. The van der Waals surface area contributed by atoms with Crippen molar-refractivity contribution in [1.82, 2.24) is 9.88 Å². The lowest BCUT2D eigenvalue weighted by Gasteiger charge is -2.09. The van der Waals surface area contributed by atoms with Crippen LogP contribution in [0.25, 0.3) is 11.1 Å². The van der Waals surface area contributed by atoms with E-state index in [2.05, 4.69) is 5.32 Å². The minimum Gasteiger partial charge on any atom is -0.407 e. The molecule has 0 radical (unpaired) electrons. The second-order valence-electron chi connectivity index (χ2n) is 7.17. The highest BCUT2D eigenvalue weighted by Gasteiger charge is 2.15. The summed E-state index contributed by atoms with van der Waals surface area (Å²) in [6.45, 7) is 1.03. The average molecular weight is 375 g/mol. The number of nitrogens with one attached hydrogen (secondary N) is 1. The monoisotopic (exact) mass is 375 g/mol. The lowest BCUT2D eigenvalue weighted by atomic mass is 10.0. The second kappa shape index (κ2) is 8.83. The van der Waals surface area contributed by atoms with E-state index < -0.39 is 10.7 Å². The van der Waals surface area contributed by atoms with Gasteiger partial charge in [0.1, 0.15) is 0 Å². The SMILES string of the molecule is O=C(CCCn1c(=O)oc2cc([N+](=O)[O-])ccc21)NCCCC1CCCC1. The van der Waals surface area contributed by atoms with E-state index in [0.29, 0.717) is 31.4 Å². The van der Waals surface area contributed by atoms with Crippen LogP contribution in [0.15, 0.2) is 27.4 Å². The van der Waals surface area contributed by atoms with E-state index in [4.69, 9.17) is 4.42 Å². The van der Waals surface area contributed by atoms with Crippen molar-refractivity contribution < 1.29 is 14.1 Å². The Kier molecular flexibility index (Phi) is 6.26. The molecule has 3 rings (SSSR count). The van der Waals surface area contributed by atoms with Gasteiger partial charge in [-0.15, -0.1) is 0 Å². The van der Waals surface area contributed by atoms with Crippen LogP contribution in [0, 0.1) is 16.0 Å². The summed E-state index contributed by atoms with van der Waals surface area (Å²) in [6.07, 6.45) is 8.35. The fourth-order valence-corrected chi connectivity index (χ4v) is 3.78. The highest BCUT2D eigenvalue weighted by molar-refractivity contribution is 5.76. The first-order valence-corrected chi connectivity index (χ1v) is 9.59. The van der Waals surface area contributed by atoms with Gasteiger partial charge in [-0.3, -0.25) is 19.5 Å². The van der Waals surface area contributed by atoms with E-state index in [1.54, 1.807) is 0 Å². The average Bonchev–Trinajstić information content (AvgIpc) is 3.26. The van der Waals surface area contributed by atoms with Crippen LogP contribution in [0.5, 0.6) is 0 Å². The van der Waals surface area contributed by atoms with E-state index in [-0.39, 0.29) is 17.2 Å². The molecule has 1 N–H and O–H groups in total. The molecule has 1 aromatic carbocycles. The van der Waals surface area contributed by atoms with E-state index >= 15 is 0 Å². The minimum absolute atomic E-state index is 0.0158. The molecule has 1 aliphatic rings. The number of carbonyl (C=O) groups excluding carboxylic acids is 1. The molecule has 1 amide bonds. The molecule has 146 valence electrons. The second-order valence-corrected chi connectivity index (χ2v) is 7.17. The van der Waals surface area contributed by atoms with Crippen LogP contribution in [0.1, 0.15) is 51.4 Å². The Morgan fingerprint density at radius 3 is 2.81 bits per heavy atom. The van der Waals surface area contributed by atoms with Gasteiger partial charge in [0.15, 0.2) is 5.58 Å². The van der Waals surface area contributed by atoms with E-state index in [1.165, 1.54) is 54.9 Å². The molecular weight excluding hydrogens is 350 g/mol. The quantitative estimate of drug-likeness (QED) is 0.411. The molecule has 0 saturated heterocycles. The lowest BCUT2D eigenvalue weighted by molar-refractivity contribution is -0.384. The number of fused-ring (bicyclic) bond motifs is 1. The summed E-state index contributed by atoms with van der Waals surface area (Å²) in [5, 5.41) is 13.7. The number of aryl methyl sites for hydroxylation is 1. The first-order chi connectivity index (χ1) is 13.0. The largest absolute Gasteiger partial charge is 0.419 e. The predicted molar refractivity (Wildman–Crippen MR) is 101 cm³/mol. The van der Waals surface area contributed by atoms with Crippen molar-refractivity contribution in [3.8, 4) is 0 Å². The van der Waals surface area contributed by atoms with Crippen molar-refractivity contribution in [2.45, 2.75) is 57.9 Å². The number of hydrogen-bond acceptors (Lipinski definition) is 5. The van der Waals surface area contributed by atoms with Gasteiger partial charge in [0, 0.05) is 25.6 Å². The fraction of sp³-hybridized carbons (Fsp3) is 0.579. The molecule has 0 spiro atoms. The van der Waals surface area contributed by atoms with Crippen molar-refractivity contribution in [2.24, 2.45) is 5.92 Å². The Labute approximate surface area is 156 Å². The summed E-state index contributed by atoms with van der Waals surface area (Å²) >= 11 is 0. The van der Waals surface area contributed by atoms with Crippen LogP contribution in [-0.2, 0) is 11.3 Å². The number of aromatic nitrogens is 1. The Balaban J connectivity index is 1.44. The number of benzene rings is 1. The summed E-state index contributed by atoms with van der Waals surface area (Å²) in [6, 6.07) is 4.08. The number of nitro groups is 1. The molecule has 27 heavy (non-hydrogen) atoms. The fourth-order valence-electron chi connectivity index (χ4n) is 3.78. The molecule has 1 aromatic heterocycles. The normalized spacial score (nSPS) is 14.7. The van der Waals surface area contributed by atoms with Crippen LogP contribution in [0.3, 0.4) is 0 Å². The van der Waals surface area contributed by atoms with Crippen molar-refractivity contribution in [2.75, 3.05) is 6.54 Å². The van der Waals surface area contributed by atoms with Crippen LogP contribution in [0.4, 0.5) is 5.69 Å². The first kappa shape index (κ1) is 19.1. The van der Waals surface area contributed by atoms with Crippen LogP contribution in [-0.4, -0.2) is 21.9 Å². The molecule has 1 heterocycles. The predicted octanol–water partition coefficient (Wildman–Crippen LogP) is 3.37. The molecule has 1 aliphatic carbocycles. The summed E-state index contributed by atoms with van der Waals surface area (Å²) in [7, 11) is 0. The zero-order valence-corrected chi connectivity index (χ0v) is 15.3. The smallest absolute Gasteiger partial charge is 0.407 e. The third-order valence-corrected chi connectivity index (χ3v) is 5.23. The summed E-state index contributed by atoms with van der Waals surface area (Å²) < 4.78 is 6.49. The van der Waals surface area contributed by atoms with E-state index in [1.807, 2.05) is 0 Å². The Morgan fingerprint density at radius 1 is 1.30 bits per heavy atom. The number of rotatable bonds is 9. The molecule has 2 aromatic rings. The first-order valence-electron chi connectivity index (χ1n) is 9.59. The van der Waals surface area contributed by atoms with E-state index in [0.717, 1.165) is 12.3 Å². The highest BCUT2D eigenvalue weighted by Crippen LogP contribution is 2.28. The summed E-state index contributed by atoms with van der Waals surface area (Å²) in [5.41, 5.74) is 0.563. The van der Waals surface area contributed by atoms with Gasteiger partial charge in [-0.25, -0.2) is 4.79 Å². The Hall–Kier alpha value is -2.64. The van der Waals surface area contributed by atoms with E-state index in [9.17, 15) is 19.7 Å². The van der Waals surface area contributed by atoms with Gasteiger partial charge in [-0.2, -0.15) is 0 Å². The number of carbonyl (C=O) groups is 1. The van der Waals surface area contributed by atoms with Gasteiger partial charge in [0.05, 0.1) is 16.5 Å². The van der Waals surface area contributed by atoms with Crippen molar-refractivity contribution in [3.05, 3.63) is 38.9 Å². The molecule has 8 heteroatoms. The summed E-state index contributed by atoms with van der Waals surface area (Å²) in [5.74, 6) is 0.249. The van der Waals surface area contributed by atoms with Crippen molar-refractivity contribution in [3.63, 3.8) is 0 Å². The molecule has 0 aliphatic heterocycles. The van der Waals surface area contributed by atoms with Gasteiger partial charge in [-0.05, 0) is 31.2 Å². The van der Waals surface area contributed by atoms with Gasteiger partial charge in [0.2, 0.25) is 5.91 Å². The number of nitro benzene ring substituents is 1. The lowest BCUT2D eigenvalue weighted by Crippen LogP contribution is -2.25. The van der Waals surface area contributed by atoms with Gasteiger partial charge in [-0.1, -0.05) is 25.7 Å². The van der Waals surface area contributed by atoms with Crippen LogP contribution < -0.4 is 11.1 Å². The molecule has 8 nitrogen and oxygen atoms in total. The maximum Gasteiger partial charge on any atom is 0.419 e. The Morgan fingerprint density at radius 2 is 2.07 bits per heavy atom. The standard InChI is InChI=1S/C19H25N3O5/c23-18(20-11-3-7-14-5-1-2-6-14)8-4-12-21-16-10-9-15(22(25)26)13-17(16)27-19(21)24/h9-10,13-14H,1-8,11-12H2,(H,20,23). The Bertz CT molecular complexity index is 864. The van der Waals surface area contributed by atoms with Crippen LogP contribution in [0.2, 0.25) is 0 Å². The van der Waals surface area contributed by atoms with Crippen LogP contribution >= 0.6 is 0 Å². The van der Waals surface area contributed by atoms with Crippen molar-refractivity contribution in [1.29, 1.82) is 0 Å². The summed E-state index contributed by atoms with van der Waals surface area (Å²) in [4.78, 5) is 34.2. The number of oxazole rings is 1. The van der Waals surface area contributed by atoms with Gasteiger partial charge in [0.25, 0.3) is 5.69 Å². The molecule has 0 bridgehead atoms. The maximum absolute atomic E-state index is 12.0. The minimum atomic E-state index is -0.567. The van der Waals surface area contributed by atoms with Gasteiger partial charge < -0.3 is 9.73 Å². The third kappa shape index (κ3) is 4.96. The zero-order chi connectivity index (χ0) is 19.2. The molecular formula is C19H25N3O5. The number of amides is 1. The van der Waals surface area contributed by atoms with Crippen molar-refractivity contribution >= 4 is 22.7 Å². The number of hydrogen-bond donors (Lipinski definition) is 1. The molecule has 1 saturated carbocycles. The number of nitrogens with zero attached hydrogens (tertiary/aromatic N) is 2. The topological polar surface area (TPSA) is 107 Å². The van der Waals surface area contributed by atoms with Gasteiger partial charge >= 0.3 is 5.76 Å². The molecule has 1 fully saturated rings. The zero-order valence-electron chi connectivity index (χ0n) is 15.3. The highest BCUT2D eigenvalue weighted by atomic mass is 16.6. The third-order valence-electron chi connectivity index (χ3n) is 5.23. The number of non-ortho nitro benzene ring substituents is 1.